The third-order valence-electron chi connectivity index (χ3n) is 3.37. The van der Waals surface area contributed by atoms with Crippen LogP contribution in [-0.4, -0.2) is 12.9 Å². The molecule has 3 nitrogen and oxygen atoms in total. The van der Waals surface area contributed by atoms with E-state index in [9.17, 15) is 4.79 Å². The molecule has 0 radical (unpaired) electrons. The first-order valence-electron chi connectivity index (χ1n) is 6.31. The van der Waals surface area contributed by atoms with Crippen LogP contribution in [0.15, 0.2) is 46.9 Å². The molecule has 3 rings (SSSR count). The summed E-state index contributed by atoms with van der Waals surface area (Å²) in [6.45, 7) is 0. The smallest absolute Gasteiger partial charge is 0.170 e. The molecule has 0 aliphatic carbocycles. The minimum Gasteiger partial charge on any atom is -0.497 e. The van der Waals surface area contributed by atoms with Gasteiger partial charge in [0.15, 0.2) is 5.78 Å². The van der Waals surface area contributed by atoms with E-state index in [0.717, 1.165) is 10.0 Å². The van der Waals surface area contributed by atoms with E-state index in [0.29, 0.717) is 23.5 Å². The number of rotatable bonds is 2. The maximum absolute atomic E-state index is 12.2. The van der Waals surface area contributed by atoms with Crippen LogP contribution in [0.5, 0.6) is 11.5 Å². The normalized spacial score (nSPS) is 17.3. The number of fused-ring (bicyclic) bond motifs is 1. The zero-order valence-corrected chi connectivity index (χ0v) is 12.5. The molecule has 0 amide bonds. The highest BCUT2D eigenvalue weighted by Crippen LogP contribution is 2.37. The number of benzene rings is 2. The molecule has 0 saturated heterocycles. The Hall–Kier alpha value is -1.81. The van der Waals surface area contributed by atoms with E-state index >= 15 is 0 Å². The molecule has 0 fully saturated rings. The molecule has 1 atom stereocenters. The lowest BCUT2D eigenvalue weighted by Crippen LogP contribution is -2.20. The van der Waals surface area contributed by atoms with Crippen molar-refractivity contribution < 1.29 is 14.3 Å². The van der Waals surface area contributed by atoms with Crippen LogP contribution in [0.4, 0.5) is 0 Å². The van der Waals surface area contributed by atoms with Gasteiger partial charge in [-0.3, -0.25) is 4.79 Å². The van der Waals surface area contributed by atoms with Crippen molar-refractivity contribution in [3.63, 3.8) is 0 Å². The first-order chi connectivity index (χ1) is 9.67. The molecule has 1 heterocycles. The third-order valence-corrected chi connectivity index (χ3v) is 3.90. The number of ether oxygens (including phenoxy) is 2. The Balaban J connectivity index is 1.94. The number of methoxy groups -OCH3 is 1. The highest BCUT2D eigenvalue weighted by Gasteiger charge is 2.27. The number of carbonyl (C=O) groups is 1. The van der Waals surface area contributed by atoms with Crippen LogP contribution < -0.4 is 9.47 Å². The van der Waals surface area contributed by atoms with Gasteiger partial charge in [0, 0.05) is 10.5 Å². The SMILES string of the molecule is COc1ccc2c(c1)OC(c1ccc(Br)cc1)CC2=O. The van der Waals surface area contributed by atoms with Gasteiger partial charge in [-0.2, -0.15) is 0 Å². The van der Waals surface area contributed by atoms with Crippen LogP contribution in [-0.2, 0) is 0 Å². The van der Waals surface area contributed by atoms with Crippen molar-refractivity contribution in [2.45, 2.75) is 12.5 Å². The summed E-state index contributed by atoms with van der Waals surface area (Å²) >= 11 is 3.40. The highest BCUT2D eigenvalue weighted by atomic mass is 79.9. The molecule has 1 aliphatic rings. The monoisotopic (exact) mass is 332 g/mol. The van der Waals surface area contributed by atoms with Gasteiger partial charge in [-0.25, -0.2) is 0 Å². The van der Waals surface area contributed by atoms with Crippen LogP contribution in [0, 0.1) is 0 Å². The second-order valence-electron chi connectivity index (χ2n) is 4.65. The summed E-state index contributed by atoms with van der Waals surface area (Å²) < 4.78 is 12.1. The fourth-order valence-corrected chi connectivity index (χ4v) is 2.56. The minimum atomic E-state index is -0.241. The summed E-state index contributed by atoms with van der Waals surface area (Å²) in [5.74, 6) is 1.38. The van der Waals surface area contributed by atoms with E-state index in [1.54, 1.807) is 25.3 Å². The maximum Gasteiger partial charge on any atom is 0.170 e. The number of halogens is 1. The molecule has 0 bridgehead atoms. The van der Waals surface area contributed by atoms with E-state index in [4.69, 9.17) is 9.47 Å². The average molecular weight is 333 g/mol. The van der Waals surface area contributed by atoms with Crippen molar-refractivity contribution in [2.75, 3.05) is 7.11 Å². The quantitative estimate of drug-likeness (QED) is 0.828. The third kappa shape index (κ3) is 2.43. The summed E-state index contributed by atoms with van der Waals surface area (Å²) in [5.41, 5.74) is 1.62. The lowest BCUT2D eigenvalue weighted by molar-refractivity contribution is 0.0849. The summed E-state index contributed by atoms with van der Waals surface area (Å²) in [6.07, 6.45) is 0.122. The number of hydrogen-bond donors (Lipinski definition) is 0. The Kier molecular flexibility index (Phi) is 3.49. The molecule has 20 heavy (non-hydrogen) atoms. The molecular formula is C16H13BrO3. The summed E-state index contributed by atoms with van der Waals surface area (Å²) in [6, 6.07) is 13.1. The van der Waals surface area contributed by atoms with Gasteiger partial charge < -0.3 is 9.47 Å². The molecule has 1 unspecified atom stereocenters. The Bertz CT molecular complexity index is 649. The molecular weight excluding hydrogens is 320 g/mol. The van der Waals surface area contributed by atoms with Crippen molar-refractivity contribution in [3.8, 4) is 11.5 Å². The predicted molar refractivity (Wildman–Crippen MR) is 79.5 cm³/mol. The standard InChI is InChI=1S/C16H13BrO3/c1-19-12-6-7-13-14(18)9-15(20-16(13)8-12)10-2-4-11(17)5-3-10/h2-8,15H,9H2,1H3. The fourth-order valence-electron chi connectivity index (χ4n) is 2.29. The largest absolute Gasteiger partial charge is 0.497 e. The van der Waals surface area contributed by atoms with Crippen molar-refractivity contribution >= 4 is 21.7 Å². The van der Waals surface area contributed by atoms with Crippen LogP contribution >= 0.6 is 15.9 Å². The number of hydrogen-bond acceptors (Lipinski definition) is 3. The van der Waals surface area contributed by atoms with Gasteiger partial charge >= 0.3 is 0 Å². The lowest BCUT2D eigenvalue weighted by atomic mass is 9.96. The number of Topliss-reactive ketones (excluding diaryl/α,β-unsaturated/α-hetero) is 1. The van der Waals surface area contributed by atoms with E-state index in [2.05, 4.69) is 15.9 Å². The van der Waals surface area contributed by atoms with Gasteiger partial charge in [0.2, 0.25) is 0 Å². The van der Waals surface area contributed by atoms with Crippen LogP contribution in [0.25, 0.3) is 0 Å². The second kappa shape index (κ2) is 5.29. The molecule has 4 heteroatoms. The van der Waals surface area contributed by atoms with Gasteiger partial charge in [-0.1, -0.05) is 28.1 Å². The van der Waals surface area contributed by atoms with Crippen molar-refractivity contribution in [1.29, 1.82) is 0 Å². The zero-order valence-electron chi connectivity index (χ0n) is 10.9. The number of carbonyl (C=O) groups excluding carboxylic acids is 1. The van der Waals surface area contributed by atoms with Gasteiger partial charge in [-0.05, 0) is 29.8 Å². The Morgan fingerprint density at radius 1 is 1.20 bits per heavy atom. The molecule has 0 saturated carbocycles. The van der Waals surface area contributed by atoms with Gasteiger partial charge in [0.1, 0.15) is 17.6 Å². The highest BCUT2D eigenvalue weighted by molar-refractivity contribution is 9.10. The van der Waals surface area contributed by atoms with Crippen LogP contribution in [0.3, 0.4) is 0 Å². The van der Waals surface area contributed by atoms with E-state index in [1.807, 2.05) is 24.3 Å². The summed E-state index contributed by atoms with van der Waals surface area (Å²) in [7, 11) is 1.60. The van der Waals surface area contributed by atoms with E-state index in [-0.39, 0.29) is 11.9 Å². The first-order valence-corrected chi connectivity index (χ1v) is 7.10. The van der Waals surface area contributed by atoms with Crippen LogP contribution in [0.2, 0.25) is 0 Å². The predicted octanol–water partition coefficient (Wildman–Crippen LogP) is 4.16. The lowest BCUT2D eigenvalue weighted by Gasteiger charge is -2.25. The molecule has 2 aromatic carbocycles. The van der Waals surface area contributed by atoms with Crippen molar-refractivity contribution in [1.82, 2.24) is 0 Å². The maximum atomic E-state index is 12.2. The molecule has 0 aromatic heterocycles. The van der Waals surface area contributed by atoms with Crippen molar-refractivity contribution in [3.05, 3.63) is 58.1 Å². The Morgan fingerprint density at radius 3 is 2.65 bits per heavy atom. The summed E-state index contributed by atoms with van der Waals surface area (Å²) in [4.78, 5) is 12.2. The second-order valence-corrected chi connectivity index (χ2v) is 5.56. The number of ketones is 1. The van der Waals surface area contributed by atoms with E-state index in [1.165, 1.54) is 0 Å². The molecule has 102 valence electrons. The zero-order chi connectivity index (χ0) is 14.1. The minimum absolute atomic E-state index is 0.0989. The van der Waals surface area contributed by atoms with E-state index < -0.39 is 0 Å². The van der Waals surface area contributed by atoms with Gasteiger partial charge in [0.25, 0.3) is 0 Å². The molecule has 0 N–H and O–H groups in total. The fraction of sp³-hybridized carbons (Fsp3) is 0.188. The summed E-state index contributed by atoms with van der Waals surface area (Å²) in [5, 5.41) is 0. The average Bonchev–Trinajstić information content (AvgIpc) is 2.47. The molecule has 0 spiro atoms. The first kappa shape index (κ1) is 13.2. The molecule has 2 aromatic rings. The van der Waals surface area contributed by atoms with Crippen molar-refractivity contribution in [2.24, 2.45) is 0 Å². The topological polar surface area (TPSA) is 35.5 Å². The van der Waals surface area contributed by atoms with Crippen LogP contribution in [0.1, 0.15) is 28.4 Å². The Morgan fingerprint density at radius 2 is 1.95 bits per heavy atom. The molecule has 1 aliphatic heterocycles. The van der Waals surface area contributed by atoms with Gasteiger partial charge in [0.05, 0.1) is 19.1 Å². The Labute approximate surface area is 125 Å². The van der Waals surface area contributed by atoms with Gasteiger partial charge in [-0.15, -0.1) is 0 Å².